The number of benzene rings is 2. The number of nitrogens with one attached hydrogen (secondary N) is 1. The molecule has 0 saturated carbocycles. The molecule has 6 nitrogen and oxygen atoms in total. The summed E-state index contributed by atoms with van der Waals surface area (Å²) < 4.78 is 16.0. The molecule has 0 saturated heterocycles. The van der Waals surface area contributed by atoms with Gasteiger partial charge in [-0.05, 0) is 48.7 Å². The fourth-order valence-electron chi connectivity index (χ4n) is 2.34. The van der Waals surface area contributed by atoms with Crippen molar-refractivity contribution in [1.82, 2.24) is 5.43 Å². The van der Waals surface area contributed by atoms with Gasteiger partial charge in [-0.25, -0.2) is 10.2 Å². The lowest BCUT2D eigenvalue weighted by atomic mass is 10.1. The summed E-state index contributed by atoms with van der Waals surface area (Å²) >= 11 is 0. The molecule has 26 heavy (non-hydrogen) atoms. The third kappa shape index (κ3) is 6.12. The van der Waals surface area contributed by atoms with Crippen LogP contribution in [0.5, 0.6) is 11.5 Å². The third-order valence-electron chi connectivity index (χ3n) is 3.59. The van der Waals surface area contributed by atoms with Gasteiger partial charge in [0, 0.05) is 5.56 Å². The van der Waals surface area contributed by atoms with Gasteiger partial charge in [0.05, 0.1) is 13.3 Å². The highest BCUT2D eigenvalue weighted by atomic mass is 16.5. The molecule has 0 aliphatic carbocycles. The van der Waals surface area contributed by atoms with Gasteiger partial charge >= 0.3 is 6.09 Å². The average molecular weight is 356 g/mol. The van der Waals surface area contributed by atoms with Crippen LogP contribution in [0.3, 0.4) is 0 Å². The van der Waals surface area contributed by atoms with Gasteiger partial charge < -0.3 is 14.2 Å². The van der Waals surface area contributed by atoms with Gasteiger partial charge in [-0.1, -0.05) is 25.1 Å². The zero-order chi connectivity index (χ0) is 18.8. The van der Waals surface area contributed by atoms with Gasteiger partial charge in [0.2, 0.25) is 0 Å². The number of carbonyl (C=O) groups excluding carboxylic acids is 1. The molecule has 0 aliphatic rings. The van der Waals surface area contributed by atoms with Crippen LogP contribution >= 0.6 is 0 Å². The lowest BCUT2D eigenvalue weighted by Crippen LogP contribution is -2.17. The number of hydrogen-bond acceptors (Lipinski definition) is 5. The van der Waals surface area contributed by atoms with E-state index < -0.39 is 6.09 Å². The number of hydrazone groups is 1. The van der Waals surface area contributed by atoms with E-state index >= 15 is 0 Å². The van der Waals surface area contributed by atoms with Crippen LogP contribution in [0, 0.1) is 6.92 Å². The van der Waals surface area contributed by atoms with E-state index in [1.807, 2.05) is 36.4 Å². The number of rotatable bonds is 8. The van der Waals surface area contributed by atoms with Crippen LogP contribution in [-0.2, 0) is 11.2 Å². The van der Waals surface area contributed by atoms with Gasteiger partial charge in [-0.2, -0.15) is 5.10 Å². The Bertz CT molecular complexity index is 759. The van der Waals surface area contributed by atoms with Crippen LogP contribution in [0.2, 0.25) is 0 Å². The number of methoxy groups -OCH3 is 1. The number of ether oxygens (including phenoxy) is 3. The second-order valence-corrected chi connectivity index (χ2v) is 5.60. The molecule has 138 valence electrons. The Morgan fingerprint density at radius 3 is 2.69 bits per heavy atom. The maximum absolute atomic E-state index is 11.0. The summed E-state index contributed by atoms with van der Waals surface area (Å²) in [5, 5.41) is 3.82. The zero-order valence-electron chi connectivity index (χ0n) is 15.3. The van der Waals surface area contributed by atoms with Crippen LogP contribution in [0.15, 0.2) is 47.6 Å². The van der Waals surface area contributed by atoms with Gasteiger partial charge in [-0.3, -0.25) is 0 Å². The van der Waals surface area contributed by atoms with E-state index in [-0.39, 0.29) is 0 Å². The molecule has 1 N–H and O–H groups in total. The smallest absolute Gasteiger partial charge is 0.427 e. The van der Waals surface area contributed by atoms with E-state index in [0.29, 0.717) is 19.0 Å². The van der Waals surface area contributed by atoms with Crippen molar-refractivity contribution in [2.24, 2.45) is 5.10 Å². The first-order chi connectivity index (χ1) is 12.6. The minimum atomic E-state index is -0.627. The van der Waals surface area contributed by atoms with E-state index in [1.165, 1.54) is 24.5 Å². The Kier molecular flexibility index (Phi) is 7.49. The molecule has 0 bridgehead atoms. The predicted octanol–water partition coefficient (Wildman–Crippen LogP) is 3.71. The number of carbonyl (C=O) groups is 1. The van der Waals surface area contributed by atoms with Crippen molar-refractivity contribution in [1.29, 1.82) is 0 Å². The first-order valence-electron chi connectivity index (χ1n) is 8.44. The fraction of sp³-hybridized carbons (Fsp3) is 0.300. The summed E-state index contributed by atoms with van der Waals surface area (Å²) in [6.07, 6.45) is 1.85. The number of nitrogens with zero attached hydrogens (tertiary/aromatic N) is 1. The Labute approximate surface area is 153 Å². The molecule has 0 spiro atoms. The Morgan fingerprint density at radius 1 is 1.15 bits per heavy atom. The van der Waals surface area contributed by atoms with E-state index in [1.54, 1.807) is 0 Å². The molecule has 1 amide bonds. The van der Waals surface area contributed by atoms with Gasteiger partial charge in [0.1, 0.15) is 24.7 Å². The molecule has 2 rings (SSSR count). The summed E-state index contributed by atoms with van der Waals surface area (Å²) in [5.74, 6) is 1.51. The fourth-order valence-corrected chi connectivity index (χ4v) is 2.34. The Balaban J connectivity index is 1.88. The molecule has 0 atom stereocenters. The highest BCUT2D eigenvalue weighted by molar-refractivity contribution is 5.84. The van der Waals surface area contributed by atoms with E-state index in [2.05, 4.69) is 35.2 Å². The molecular weight excluding hydrogens is 332 g/mol. The van der Waals surface area contributed by atoms with Gasteiger partial charge in [0.25, 0.3) is 0 Å². The summed E-state index contributed by atoms with van der Waals surface area (Å²) in [4.78, 5) is 11.0. The normalized spacial score (nSPS) is 10.6. The Morgan fingerprint density at radius 2 is 1.92 bits per heavy atom. The van der Waals surface area contributed by atoms with Crippen molar-refractivity contribution in [2.75, 3.05) is 20.3 Å². The van der Waals surface area contributed by atoms with Gasteiger partial charge in [-0.15, -0.1) is 0 Å². The second kappa shape index (κ2) is 10.1. The monoisotopic (exact) mass is 356 g/mol. The zero-order valence-corrected chi connectivity index (χ0v) is 15.3. The second-order valence-electron chi connectivity index (χ2n) is 5.60. The van der Waals surface area contributed by atoms with E-state index in [0.717, 1.165) is 17.7 Å². The maximum Gasteiger partial charge on any atom is 0.427 e. The first kappa shape index (κ1) is 19.3. The van der Waals surface area contributed by atoms with E-state index in [4.69, 9.17) is 9.47 Å². The van der Waals surface area contributed by atoms with Gasteiger partial charge in [0.15, 0.2) is 0 Å². The largest absolute Gasteiger partial charge is 0.490 e. The van der Waals surface area contributed by atoms with Crippen molar-refractivity contribution in [2.45, 2.75) is 20.3 Å². The Hall–Kier alpha value is -3.02. The van der Waals surface area contributed by atoms with Crippen LogP contribution in [0.1, 0.15) is 23.6 Å². The molecule has 0 aromatic heterocycles. The summed E-state index contributed by atoms with van der Waals surface area (Å²) in [6, 6.07) is 13.6. The van der Waals surface area contributed by atoms with Crippen molar-refractivity contribution in [3.63, 3.8) is 0 Å². The van der Waals surface area contributed by atoms with Crippen molar-refractivity contribution in [3.8, 4) is 11.5 Å². The van der Waals surface area contributed by atoms with Crippen LogP contribution in [0.25, 0.3) is 0 Å². The summed E-state index contributed by atoms with van der Waals surface area (Å²) in [5.41, 5.74) is 5.42. The summed E-state index contributed by atoms with van der Waals surface area (Å²) in [7, 11) is 1.28. The molecule has 0 aliphatic heterocycles. The number of para-hydroxylation sites is 1. The van der Waals surface area contributed by atoms with Crippen molar-refractivity contribution >= 4 is 12.3 Å². The molecule has 0 heterocycles. The SMILES string of the molecule is CCc1cc(C)cc(OCCOc2ccccc2C=NNC(=O)OC)c1. The lowest BCUT2D eigenvalue weighted by Gasteiger charge is -2.11. The number of aryl methyl sites for hydroxylation is 2. The standard InChI is InChI=1S/C20H24N2O4/c1-4-16-11-15(2)12-18(13-16)25-9-10-26-19-8-6-5-7-17(19)14-21-22-20(23)24-3/h5-8,11-14H,4,9-10H2,1-3H3,(H,22,23). The predicted molar refractivity (Wildman–Crippen MR) is 101 cm³/mol. The van der Waals surface area contributed by atoms with E-state index in [9.17, 15) is 4.79 Å². The lowest BCUT2D eigenvalue weighted by molar-refractivity contribution is 0.171. The van der Waals surface area contributed by atoms with Crippen molar-refractivity contribution < 1.29 is 19.0 Å². The van der Waals surface area contributed by atoms with Crippen molar-refractivity contribution in [3.05, 3.63) is 59.2 Å². The van der Waals surface area contributed by atoms with Crippen LogP contribution in [-0.4, -0.2) is 32.6 Å². The summed E-state index contributed by atoms with van der Waals surface area (Å²) in [6.45, 7) is 5.00. The third-order valence-corrected chi connectivity index (χ3v) is 3.59. The number of hydrogen-bond donors (Lipinski definition) is 1. The minimum Gasteiger partial charge on any atom is -0.490 e. The molecule has 0 unspecified atom stereocenters. The number of amides is 1. The average Bonchev–Trinajstić information content (AvgIpc) is 2.65. The quantitative estimate of drug-likeness (QED) is 0.445. The van der Waals surface area contributed by atoms with Crippen LogP contribution in [0.4, 0.5) is 4.79 Å². The molecule has 0 radical (unpaired) electrons. The molecule has 0 fully saturated rings. The molecule has 6 heteroatoms. The minimum absolute atomic E-state index is 0.394. The molecular formula is C20H24N2O4. The topological polar surface area (TPSA) is 69.2 Å². The highest BCUT2D eigenvalue weighted by Crippen LogP contribution is 2.18. The van der Waals surface area contributed by atoms with Crippen LogP contribution < -0.4 is 14.9 Å². The maximum atomic E-state index is 11.0. The first-order valence-corrected chi connectivity index (χ1v) is 8.44. The molecule has 2 aromatic carbocycles. The molecule has 2 aromatic rings. The highest BCUT2D eigenvalue weighted by Gasteiger charge is 2.03.